The van der Waals surface area contributed by atoms with Crippen molar-refractivity contribution in [3.63, 3.8) is 0 Å². The zero-order chi connectivity index (χ0) is 10.4. The van der Waals surface area contributed by atoms with Crippen molar-refractivity contribution in [1.82, 2.24) is 10.0 Å². The van der Waals surface area contributed by atoms with Crippen molar-refractivity contribution in [3.8, 4) is 0 Å². The van der Waals surface area contributed by atoms with Crippen LogP contribution in [-0.2, 0) is 19.6 Å². The Morgan fingerprint density at radius 3 is 2.79 bits per heavy atom. The molecule has 0 radical (unpaired) electrons. The fourth-order valence-corrected chi connectivity index (χ4v) is 1.93. The summed E-state index contributed by atoms with van der Waals surface area (Å²) in [6.45, 7) is 1.03. The van der Waals surface area contributed by atoms with Gasteiger partial charge in [0, 0.05) is 19.5 Å². The molecule has 1 rings (SSSR count). The molecule has 0 spiro atoms. The molecule has 2 N–H and O–H groups in total. The summed E-state index contributed by atoms with van der Waals surface area (Å²) >= 11 is 0. The molecule has 1 aliphatic heterocycles. The number of carbonyl (C=O) groups excluding carboxylic acids is 1. The van der Waals surface area contributed by atoms with Crippen molar-refractivity contribution >= 4 is 15.9 Å². The molecule has 6 nitrogen and oxygen atoms in total. The monoisotopic (exact) mass is 222 g/mol. The average Bonchev–Trinajstić information content (AvgIpc) is 2.12. The second-order valence-electron chi connectivity index (χ2n) is 2.93. The van der Waals surface area contributed by atoms with Gasteiger partial charge in [-0.3, -0.25) is 4.79 Å². The van der Waals surface area contributed by atoms with E-state index in [1.807, 2.05) is 0 Å². The number of ether oxygens (including phenoxy) is 1. The Morgan fingerprint density at radius 2 is 2.00 bits per heavy atom. The molecule has 0 atom stereocenters. The van der Waals surface area contributed by atoms with Gasteiger partial charge in [0.15, 0.2) is 0 Å². The lowest BCUT2D eigenvalue weighted by atomic mass is 10.4. The van der Waals surface area contributed by atoms with E-state index in [0.717, 1.165) is 0 Å². The van der Waals surface area contributed by atoms with Gasteiger partial charge in [0.05, 0.1) is 19.0 Å². The Bertz CT molecular complexity index is 288. The van der Waals surface area contributed by atoms with Gasteiger partial charge in [0.2, 0.25) is 15.9 Å². The fraction of sp³-hybridized carbons (Fsp3) is 0.857. The van der Waals surface area contributed by atoms with Crippen LogP contribution in [0.1, 0.15) is 6.42 Å². The molecule has 0 aliphatic carbocycles. The Kier molecular flexibility index (Phi) is 4.30. The second kappa shape index (κ2) is 5.28. The largest absolute Gasteiger partial charge is 0.380 e. The molecule has 1 aliphatic rings. The highest BCUT2D eigenvalue weighted by Gasteiger charge is 2.11. The van der Waals surface area contributed by atoms with E-state index in [0.29, 0.717) is 13.2 Å². The van der Waals surface area contributed by atoms with Gasteiger partial charge in [-0.05, 0) is 0 Å². The van der Waals surface area contributed by atoms with Crippen LogP contribution < -0.4 is 10.0 Å². The Labute approximate surface area is 83.1 Å². The van der Waals surface area contributed by atoms with Gasteiger partial charge in [0.25, 0.3) is 0 Å². The lowest BCUT2D eigenvalue weighted by Gasteiger charge is -2.04. The van der Waals surface area contributed by atoms with Gasteiger partial charge in [-0.15, -0.1) is 0 Å². The van der Waals surface area contributed by atoms with Gasteiger partial charge >= 0.3 is 0 Å². The molecule has 1 amide bonds. The number of hydrogen-bond donors (Lipinski definition) is 2. The Morgan fingerprint density at radius 1 is 1.21 bits per heavy atom. The van der Waals surface area contributed by atoms with Crippen molar-refractivity contribution in [2.45, 2.75) is 6.42 Å². The zero-order valence-corrected chi connectivity index (χ0v) is 8.60. The summed E-state index contributed by atoms with van der Waals surface area (Å²) in [5.74, 6) is -0.263. The standard InChI is InChI=1S/C7H14N2O4S/c10-7-1-4-13-5-2-9-14(11,12)6-3-8-7/h9H,1-6H2,(H,8,10). The summed E-state index contributed by atoms with van der Waals surface area (Å²) in [5.41, 5.74) is 0. The van der Waals surface area contributed by atoms with Crippen LogP contribution in [0.3, 0.4) is 0 Å². The van der Waals surface area contributed by atoms with Crippen LogP contribution >= 0.6 is 0 Å². The number of rotatable bonds is 0. The molecule has 1 fully saturated rings. The molecule has 0 unspecified atom stereocenters. The van der Waals surface area contributed by atoms with Gasteiger partial charge < -0.3 is 10.1 Å². The van der Waals surface area contributed by atoms with E-state index in [1.54, 1.807) is 0 Å². The predicted octanol–water partition coefficient (Wildman–Crippen LogP) is -1.56. The minimum Gasteiger partial charge on any atom is -0.380 e. The minimum absolute atomic E-state index is 0.0846. The molecule has 7 heteroatoms. The van der Waals surface area contributed by atoms with Crippen molar-refractivity contribution in [2.75, 3.05) is 32.1 Å². The average molecular weight is 222 g/mol. The number of hydrogen-bond acceptors (Lipinski definition) is 4. The summed E-state index contributed by atoms with van der Waals surface area (Å²) in [7, 11) is -3.27. The normalized spacial score (nSPS) is 24.7. The van der Waals surface area contributed by atoms with E-state index in [1.165, 1.54) is 0 Å². The number of carbonyl (C=O) groups is 1. The molecule has 14 heavy (non-hydrogen) atoms. The SMILES string of the molecule is O=C1CCOCCNS(=O)(=O)CCN1. The number of nitrogens with one attached hydrogen (secondary N) is 2. The summed E-state index contributed by atoms with van der Waals surface area (Å²) in [5, 5.41) is 2.50. The van der Waals surface area contributed by atoms with E-state index >= 15 is 0 Å². The minimum atomic E-state index is -3.27. The lowest BCUT2D eigenvalue weighted by molar-refractivity contribution is -0.122. The first-order valence-corrected chi connectivity index (χ1v) is 6.07. The maximum Gasteiger partial charge on any atom is 0.222 e. The molecule has 0 aromatic carbocycles. The zero-order valence-electron chi connectivity index (χ0n) is 7.78. The first kappa shape index (κ1) is 11.4. The first-order chi connectivity index (χ1) is 6.60. The van der Waals surface area contributed by atoms with Crippen LogP contribution in [-0.4, -0.2) is 46.4 Å². The van der Waals surface area contributed by atoms with Crippen LogP contribution in [0.5, 0.6) is 0 Å². The van der Waals surface area contributed by atoms with Crippen LogP contribution in [0.15, 0.2) is 0 Å². The van der Waals surface area contributed by atoms with E-state index in [-0.39, 0.29) is 31.2 Å². The van der Waals surface area contributed by atoms with Gasteiger partial charge in [-0.25, -0.2) is 13.1 Å². The number of amides is 1. The second-order valence-corrected chi connectivity index (χ2v) is 4.85. The highest BCUT2D eigenvalue weighted by molar-refractivity contribution is 7.89. The van der Waals surface area contributed by atoms with Crippen LogP contribution in [0.25, 0.3) is 0 Å². The molecular weight excluding hydrogens is 208 g/mol. The molecule has 0 aromatic heterocycles. The predicted molar refractivity (Wildman–Crippen MR) is 50.2 cm³/mol. The van der Waals surface area contributed by atoms with Gasteiger partial charge in [0.1, 0.15) is 0 Å². The Hall–Kier alpha value is -0.660. The molecule has 0 saturated carbocycles. The maximum atomic E-state index is 11.2. The highest BCUT2D eigenvalue weighted by atomic mass is 32.2. The molecule has 0 bridgehead atoms. The highest BCUT2D eigenvalue weighted by Crippen LogP contribution is 1.88. The van der Waals surface area contributed by atoms with Crippen LogP contribution in [0.2, 0.25) is 0 Å². The van der Waals surface area contributed by atoms with E-state index in [9.17, 15) is 13.2 Å². The summed E-state index contributed by atoms with van der Waals surface area (Å²) in [4.78, 5) is 11.0. The topological polar surface area (TPSA) is 84.5 Å². The molecular formula is C7H14N2O4S. The van der Waals surface area contributed by atoms with E-state index in [4.69, 9.17) is 4.74 Å². The van der Waals surface area contributed by atoms with Crippen molar-refractivity contribution < 1.29 is 17.9 Å². The first-order valence-electron chi connectivity index (χ1n) is 4.42. The smallest absolute Gasteiger partial charge is 0.222 e. The third-order valence-corrected chi connectivity index (χ3v) is 3.12. The van der Waals surface area contributed by atoms with Gasteiger partial charge in [-0.2, -0.15) is 0 Å². The van der Waals surface area contributed by atoms with Crippen molar-refractivity contribution in [3.05, 3.63) is 0 Å². The molecule has 0 aromatic rings. The van der Waals surface area contributed by atoms with Gasteiger partial charge in [-0.1, -0.05) is 0 Å². The Balaban J connectivity index is 2.48. The van der Waals surface area contributed by atoms with E-state index < -0.39 is 10.0 Å². The summed E-state index contributed by atoms with van der Waals surface area (Å²) < 4.78 is 29.8. The number of sulfonamides is 1. The molecule has 1 heterocycles. The molecule has 1 saturated heterocycles. The quantitative estimate of drug-likeness (QED) is 0.519. The van der Waals surface area contributed by atoms with E-state index in [2.05, 4.69) is 10.0 Å². The third kappa shape index (κ3) is 4.54. The molecule has 82 valence electrons. The summed E-state index contributed by atoms with van der Waals surface area (Å²) in [6, 6.07) is 0. The van der Waals surface area contributed by atoms with Crippen molar-refractivity contribution in [2.24, 2.45) is 0 Å². The summed E-state index contributed by atoms with van der Waals surface area (Å²) in [6.07, 6.45) is 0.278. The fourth-order valence-electron chi connectivity index (χ4n) is 1.02. The van der Waals surface area contributed by atoms with Crippen molar-refractivity contribution in [1.29, 1.82) is 0 Å². The lowest BCUT2D eigenvalue weighted by Crippen LogP contribution is -2.34. The van der Waals surface area contributed by atoms with Crippen LogP contribution in [0.4, 0.5) is 0 Å². The maximum absolute atomic E-state index is 11.2. The third-order valence-electron chi connectivity index (χ3n) is 1.73. The van der Waals surface area contributed by atoms with Crippen LogP contribution in [0, 0.1) is 0 Å².